The van der Waals surface area contributed by atoms with Crippen LogP contribution in [0.25, 0.3) is 0 Å². The second-order valence-corrected chi connectivity index (χ2v) is 10.2. The smallest absolute Gasteiger partial charge is 0.306 e. The Labute approximate surface area is 158 Å². The van der Waals surface area contributed by atoms with Crippen molar-refractivity contribution in [3.8, 4) is 0 Å². The summed E-state index contributed by atoms with van der Waals surface area (Å²) in [7, 11) is 0. The van der Waals surface area contributed by atoms with Gasteiger partial charge >= 0.3 is 5.97 Å². The topological polar surface area (TPSA) is 26.3 Å². The van der Waals surface area contributed by atoms with Gasteiger partial charge in [0.2, 0.25) is 0 Å². The van der Waals surface area contributed by atoms with Crippen molar-refractivity contribution in [2.24, 2.45) is 10.8 Å². The molecule has 0 bridgehead atoms. The lowest BCUT2D eigenvalue weighted by Crippen LogP contribution is -2.28. The first-order chi connectivity index (χ1) is 11.5. The van der Waals surface area contributed by atoms with Crippen molar-refractivity contribution in [2.45, 2.75) is 132 Å². The molecular weight excluding hydrogens is 308 g/mol. The fourth-order valence-corrected chi connectivity index (χ4v) is 3.35. The van der Waals surface area contributed by atoms with Crippen LogP contribution in [0.4, 0.5) is 0 Å². The number of rotatable bonds is 13. The molecule has 0 radical (unpaired) electrons. The molecule has 0 saturated carbocycles. The third kappa shape index (κ3) is 18.1. The molecule has 0 amide bonds. The van der Waals surface area contributed by atoms with Crippen LogP contribution in [0.1, 0.15) is 126 Å². The molecule has 0 aromatic carbocycles. The van der Waals surface area contributed by atoms with Gasteiger partial charge in [0.15, 0.2) is 0 Å². The first-order valence-electron chi connectivity index (χ1n) is 10.7. The Morgan fingerprint density at radius 1 is 0.720 bits per heavy atom. The van der Waals surface area contributed by atoms with Gasteiger partial charge in [0.25, 0.3) is 0 Å². The van der Waals surface area contributed by atoms with Gasteiger partial charge in [-0.3, -0.25) is 4.79 Å². The molecule has 0 aliphatic heterocycles. The van der Waals surface area contributed by atoms with Gasteiger partial charge in [-0.05, 0) is 30.1 Å². The summed E-state index contributed by atoms with van der Waals surface area (Å²) in [5.41, 5.74) is 0.377. The lowest BCUT2D eigenvalue weighted by atomic mass is 9.82. The Morgan fingerprint density at radius 3 is 1.52 bits per heavy atom. The summed E-state index contributed by atoms with van der Waals surface area (Å²) in [6, 6.07) is 0. The van der Waals surface area contributed by atoms with Crippen LogP contribution in [-0.2, 0) is 9.53 Å². The van der Waals surface area contributed by atoms with Crippen molar-refractivity contribution in [1.29, 1.82) is 0 Å². The average Bonchev–Trinajstić information content (AvgIpc) is 2.41. The molecule has 0 aromatic rings. The number of unbranched alkanes of at least 4 members (excludes halogenated alkanes) is 8. The highest BCUT2D eigenvalue weighted by molar-refractivity contribution is 5.69. The molecule has 0 heterocycles. The highest BCUT2D eigenvalue weighted by Crippen LogP contribution is 2.30. The lowest BCUT2D eigenvalue weighted by Gasteiger charge is -2.30. The molecule has 0 spiro atoms. The maximum atomic E-state index is 12.2. The van der Waals surface area contributed by atoms with E-state index in [0.717, 1.165) is 25.7 Å². The predicted molar refractivity (Wildman–Crippen MR) is 110 cm³/mol. The van der Waals surface area contributed by atoms with Crippen LogP contribution in [0.15, 0.2) is 0 Å². The molecule has 0 saturated heterocycles. The first kappa shape index (κ1) is 24.5. The number of hydrogen-bond acceptors (Lipinski definition) is 2. The highest BCUT2D eigenvalue weighted by Gasteiger charge is 2.26. The number of esters is 1. The zero-order valence-corrected chi connectivity index (χ0v) is 18.4. The molecule has 0 atom stereocenters. The maximum absolute atomic E-state index is 12.2. The van der Waals surface area contributed by atoms with E-state index in [2.05, 4.69) is 48.5 Å². The van der Waals surface area contributed by atoms with E-state index in [4.69, 9.17) is 4.74 Å². The van der Waals surface area contributed by atoms with Crippen LogP contribution < -0.4 is 0 Å². The molecule has 0 fully saturated rings. The monoisotopic (exact) mass is 354 g/mol. The molecule has 2 heteroatoms. The first-order valence-corrected chi connectivity index (χ1v) is 10.7. The molecule has 25 heavy (non-hydrogen) atoms. The van der Waals surface area contributed by atoms with Crippen LogP contribution in [-0.4, -0.2) is 12.1 Å². The number of carbonyl (C=O) groups is 1. The standard InChI is InChI=1S/C23H46O2/c1-8-9-10-11-12-13-14-15-16-17-21(24)25-20(18-22(2,3)4)19-23(5,6)7/h20H,8-19H2,1-7H3. The van der Waals surface area contributed by atoms with Crippen molar-refractivity contribution in [2.75, 3.05) is 0 Å². The van der Waals surface area contributed by atoms with Gasteiger partial charge < -0.3 is 4.74 Å². The summed E-state index contributed by atoms with van der Waals surface area (Å²) in [4.78, 5) is 12.2. The molecule has 0 aliphatic carbocycles. The van der Waals surface area contributed by atoms with E-state index >= 15 is 0 Å². The lowest BCUT2D eigenvalue weighted by molar-refractivity contribution is -0.152. The maximum Gasteiger partial charge on any atom is 0.306 e. The van der Waals surface area contributed by atoms with Crippen molar-refractivity contribution in [1.82, 2.24) is 0 Å². The van der Waals surface area contributed by atoms with E-state index in [1.807, 2.05) is 0 Å². The van der Waals surface area contributed by atoms with E-state index in [1.54, 1.807) is 0 Å². The summed E-state index contributed by atoms with van der Waals surface area (Å²) in [5.74, 6) is 0.00134. The largest absolute Gasteiger partial charge is 0.462 e. The Morgan fingerprint density at radius 2 is 1.12 bits per heavy atom. The van der Waals surface area contributed by atoms with E-state index < -0.39 is 0 Å². The Kier molecular flexibility index (Phi) is 12.5. The fraction of sp³-hybridized carbons (Fsp3) is 0.957. The van der Waals surface area contributed by atoms with Gasteiger partial charge in [0.1, 0.15) is 6.10 Å². The second-order valence-electron chi connectivity index (χ2n) is 10.2. The van der Waals surface area contributed by atoms with Crippen LogP contribution in [0.5, 0.6) is 0 Å². The quantitative estimate of drug-likeness (QED) is 0.250. The zero-order valence-electron chi connectivity index (χ0n) is 18.4. The molecule has 0 N–H and O–H groups in total. The second kappa shape index (κ2) is 12.8. The minimum absolute atomic E-state index is 0.00134. The summed E-state index contributed by atoms with van der Waals surface area (Å²) < 4.78 is 5.84. The van der Waals surface area contributed by atoms with Gasteiger partial charge in [-0.25, -0.2) is 0 Å². The van der Waals surface area contributed by atoms with Crippen molar-refractivity contribution in [3.63, 3.8) is 0 Å². The molecule has 0 rings (SSSR count). The summed E-state index contributed by atoms with van der Waals surface area (Å²) >= 11 is 0. The van der Waals surface area contributed by atoms with Gasteiger partial charge in [0.05, 0.1) is 0 Å². The third-order valence-corrected chi connectivity index (χ3v) is 4.46. The zero-order chi connectivity index (χ0) is 19.3. The Hall–Kier alpha value is -0.530. The number of ether oxygens (including phenoxy) is 1. The van der Waals surface area contributed by atoms with E-state index in [1.165, 1.54) is 44.9 Å². The minimum Gasteiger partial charge on any atom is -0.462 e. The molecule has 150 valence electrons. The highest BCUT2D eigenvalue weighted by atomic mass is 16.5. The molecule has 0 aliphatic rings. The molecule has 0 unspecified atom stereocenters. The van der Waals surface area contributed by atoms with Gasteiger partial charge in [-0.2, -0.15) is 0 Å². The number of hydrogen-bond donors (Lipinski definition) is 0. The SMILES string of the molecule is CCCCCCCCCCCC(=O)OC(CC(C)(C)C)CC(C)(C)C. The van der Waals surface area contributed by atoms with Crippen LogP contribution in [0, 0.1) is 10.8 Å². The van der Waals surface area contributed by atoms with Gasteiger partial charge in [0, 0.05) is 6.42 Å². The molecule has 2 nitrogen and oxygen atoms in total. The van der Waals surface area contributed by atoms with Gasteiger partial charge in [-0.15, -0.1) is 0 Å². The predicted octanol–water partition coefficient (Wildman–Crippen LogP) is 7.69. The van der Waals surface area contributed by atoms with E-state index in [0.29, 0.717) is 6.42 Å². The summed E-state index contributed by atoms with van der Waals surface area (Å²) in [6.45, 7) is 15.6. The number of carbonyl (C=O) groups excluding carboxylic acids is 1. The van der Waals surface area contributed by atoms with Crippen molar-refractivity contribution >= 4 is 5.97 Å². The van der Waals surface area contributed by atoms with Crippen molar-refractivity contribution in [3.05, 3.63) is 0 Å². The third-order valence-electron chi connectivity index (χ3n) is 4.46. The van der Waals surface area contributed by atoms with Crippen LogP contribution >= 0.6 is 0 Å². The van der Waals surface area contributed by atoms with Crippen molar-refractivity contribution < 1.29 is 9.53 Å². The fourth-order valence-electron chi connectivity index (χ4n) is 3.35. The minimum atomic E-state index is 0.00134. The summed E-state index contributed by atoms with van der Waals surface area (Å²) in [5, 5.41) is 0. The van der Waals surface area contributed by atoms with E-state index in [9.17, 15) is 4.79 Å². The van der Waals surface area contributed by atoms with Gasteiger partial charge in [-0.1, -0.05) is 99.8 Å². The average molecular weight is 355 g/mol. The summed E-state index contributed by atoms with van der Waals surface area (Å²) in [6.07, 6.45) is 14.0. The van der Waals surface area contributed by atoms with Crippen LogP contribution in [0.2, 0.25) is 0 Å². The Balaban J connectivity index is 3.94. The normalized spacial score (nSPS) is 12.6. The Bertz CT molecular complexity index is 317. The van der Waals surface area contributed by atoms with Crippen LogP contribution in [0.3, 0.4) is 0 Å². The molecular formula is C23H46O2. The van der Waals surface area contributed by atoms with E-state index in [-0.39, 0.29) is 22.9 Å². The molecule has 0 aromatic heterocycles.